The second-order valence-electron chi connectivity index (χ2n) is 6.92. The van der Waals surface area contributed by atoms with Gasteiger partial charge in [-0.25, -0.2) is 9.97 Å². The molecule has 3 aromatic rings. The van der Waals surface area contributed by atoms with Crippen LogP contribution in [0, 0.1) is 0 Å². The lowest BCUT2D eigenvalue weighted by Crippen LogP contribution is -2.25. The Hall–Kier alpha value is -2.14. The minimum atomic E-state index is -0.702. The fraction of sp³-hybridized carbons (Fsp3) is 0.368. The first-order valence-electron chi connectivity index (χ1n) is 9.40. The van der Waals surface area contributed by atoms with Crippen molar-refractivity contribution in [1.82, 2.24) is 19.9 Å². The van der Waals surface area contributed by atoms with Crippen LogP contribution in [0.1, 0.15) is 37.7 Å². The van der Waals surface area contributed by atoms with E-state index in [2.05, 4.69) is 34.4 Å². The third kappa shape index (κ3) is 5.31. The van der Waals surface area contributed by atoms with Gasteiger partial charge >= 0.3 is 0 Å². The van der Waals surface area contributed by atoms with E-state index in [1.807, 2.05) is 22.8 Å². The maximum Gasteiger partial charge on any atom is 0.271 e. The highest BCUT2D eigenvalue weighted by molar-refractivity contribution is 8.01. The minimum absolute atomic E-state index is 0.0312. The fourth-order valence-corrected chi connectivity index (χ4v) is 5.19. The topological polar surface area (TPSA) is 115 Å². The summed E-state index contributed by atoms with van der Waals surface area (Å²) in [5, 5.41) is 7.23. The van der Waals surface area contributed by atoms with Crippen LogP contribution in [0.3, 0.4) is 0 Å². The number of nitrogens with two attached hydrogens (primary N) is 1. The molecule has 160 valence electrons. The smallest absolute Gasteiger partial charge is 0.271 e. The predicted molar refractivity (Wildman–Crippen MR) is 122 cm³/mol. The summed E-state index contributed by atoms with van der Waals surface area (Å²) >= 11 is 9.03. The third-order valence-corrected chi connectivity index (χ3v) is 6.68. The van der Waals surface area contributed by atoms with Gasteiger partial charge in [-0.1, -0.05) is 31.5 Å². The van der Waals surface area contributed by atoms with Crippen LogP contribution in [0.5, 0.6) is 0 Å². The SMILES string of the molecule is CC(=O)Nc1c(C(N)=O)nc(Sc2nc3cccc(Cl)c3s2)n1CCCNC(C)C. The quantitative estimate of drug-likeness (QED) is 0.414. The van der Waals surface area contributed by atoms with Gasteiger partial charge in [0, 0.05) is 19.5 Å². The summed E-state index contributed by atoms with van der Waals surface area (Å²) < 4.78 is 3.43. The molecule has 0 aliphatic carbocycles. The lowest BCUT2D eigenvalue weighted by molar-refractivity contribution is -0.114. The first kappa shape index (κ1) is 22.5. The monoisotopic (exact) mass is 466 g/mol. The Labute approximate surface area is 187 Å². The number of rotatable bonds is 9. The maximum atomic E-state index is 12.0. The van der Waals surface area contributed by atoms with Crippen molar-refractivity contribution in [3.63, 3.8) is 0 Å². The number of imidazole rings is 1. The minimum Gasteiger partial charge on any atom is -0.364 e. The van der Waals surface area contributed by atoms with Crippen LogP contribution in [-0.4, -0.2) is 38.9 Å². The van der Waals surface area contributed by atoms with E-state index in [0.29, 0.717) is 28.6 Å². The van der Waals surface area contributed by atoms with E-state index in [1.165, 1.54) is 30.0 Å². The Balaban J connectivity index is 1.96. The molecule has 11 heteroatoms. The summed E-state index contributed by atoms with van der Waals surface area (Å²) in [7, 11) is 0. The molecule has 0 bridgehead atoms. The van der Waals surface area contributed by atoms with E-state index >= 15 is 0 Å². The van der Waals surface area contributed by atoms with Crippen LogP contribution in [0.15, 0.2) is 27.7 Å². The number of amides is 2. The molecule has 8 nitrogen and oxygen atoms in total. The zero-order chi connectivity index (χ0) is 21.8. The summed E-state index contributed by atoms with van der Waals surface area (Å²) in [4.78, 5) is 32.7. The van der Waals surface area contributed by atoms with Crippen molar-refractivity contribution in [3.8, 4) is 0 Å². The van der Waals surface area contributed by atoms with Gasteiger partial charge in [0.05, 0.1) is 15.2 Å². The number of carbonyl (C=O) groups is 2. The van der Waals surface area contributed by atoms with Gasteiger partial charge in [-0.2, -0.15) is 0 Å². The Morgan fingerprint density at radius 3 is 2.73 bits per heavy atom. The molecular formula is C19H23ClN6O2S2. The Bertz CT molecular complexity index is 1080. The van der Waals surface area contributed by atoms with Crippen molar-refractivity contribution in [2.45, 2.75) is 49.3 Å². The average Bonchev–Trinajstić information content (AvgIpc) is 3.21. The summed E-state index contributed by atoms with van der Waals surface area (Å²) in [5.74, 6) is -0.699. The van der Waals surface area contributed by atoms with Crippen LogP contribution in [0.2, 0.25) is 5.02 Å². The van der Waals surface area contributed by atoms with Crippen molar-refractivity contribution in [2.75, 3.05) is 11.9 Å². The van der Waals surface area contributed by atoms with Crippen LogP contribution in [0.25, 0.3) is 10.2 Å². The highest BCUT2D eigenvalue weighted by Gasteiger charge is 2.23. The average molecular weight is 467 g/mol. The molecule has 0 aliphatic rings. The van der Waals surface area contributed by atoms with Gasteiger partial charge in [0.2, 0.25) is 5.91 Å². The lowest BCUT2D eigenvalue weighted by atomic mass is 10.3. The normalized spacial score (nSPS) is 11.4. The Morgan fingerprint density at radius 2 is 2.10 bits per heavy atom. The van der Waals surface area contributed by atoms with Crippen molar-refractivity contribution in [3.05, 3.63) is 28.9 Å². The standard InChI is InChI=1S/C19H23ClN6O2S2/c1-10(2)22-8-5-9-26-17(23-11(3)27)14(16(21)28)25-18(26)30-19-24-13-7-4-6-12(20)15(13)29-19/h4,6-7,10,22H,5,8-9H2,1-3H3,(H2,21,28)(H,23,27). The molecule has 2 heterocycles. The molecule has 0 atom stereocenters. The van der Waals surface area contributed by atoms with E-state index in [-0.39, 0.29) is 11.6 Å². The van der Waals surface area contributed by atoms with Crippen molar-refractivity contribution in [2.24, 2.45) is 5.73 Å². The number of aromatic nitrogens is 3. The molecular weight excluding hydrogens is 444 g/mol. The van der Waals surface area contributed by atoms with Crippen LogP contribution < -0.4 is 16.4 Å². The number of carbonyl (C=O) groups excluding carboxylic acids is 2. The molecule has 0 aliphatic heterocycles. The van der Waals surface area contributed by atoms with Crippen LogP contribution in [-0.2, 0) is 11.3 Å². The fourth-order valence-electron chi connectivity index (χ4n) is 2.83. The number of halogens is 1. The first-order valence-corrected chi connectivity index (χ1v) is 11.4. The summed E-state index contributed by atoms with van der Waals surface area (Å²) in [6.45, 7) is 6.85. The van der Waals surface area contributed by atoms with E-state index in [4.69, 9.17) is 17.3 Å². The molecule has 0 radical (unpaired) electrons. The van der Waals surface area contributed by atoms with Gasteiger partial charge in [0.15, 0.2) is 15.2 Å². The highest BCUT2D eigenvalue weighted by atomic mass is 35.5. The second-order valence-corrected chi connectivity index (χ2v) is 9.54. The van der Waals surface area contributed by atoms with Gasteiger partial charge in [-0.3, -0.25) is 9.59 Å². The second kappa shape index (κ2) is 9.78. The van der Waals surface area contributed by atoms with Crippen molar-refractivity contribution in [1.29, 1.82) is 0 Å². The number of benzene rings is 1. The van der Waals surface area contributed by atoms with Gasteiger partial charge < -0.3 is 20.9 Å². The molecule has 2 aromatic heterocycles. The largest absolute Gasteiger partial charge is 0.364 e. The third-order valence-electron chi connectivity index (χ3n) is 4.10. The molecule has 0 unspecified atom stereocenters. The van der Waals surface area contributed by atoms with E-state index in [9.17, 15) is 9.59 Å². The number of hydrogen-bond donors (Lipinski definition) is 3. The molecule has 30 heavy (non-hydrogen) atoms. The molecule has 0 spiro atoms. The zero-order valence-corrected chi connectivity index (χ0v) is 19.2. The highest BCUT2D eigenvalue weighted by Crippen LogP contribution is 2.38. The lowest BCUT2D eigenvalue weighted by Gasteiger charge is -2.13. The first-order chi connectivity index (χ1) is 14.3. The van der Waals surface area contributed by atoms with Gasteiger partial charge in [0.1, 0.15) is 5.82 Å². The zero-order valence-electron chi connectivity index (χ0n) is 16.9. The number of anilines is 1. The van der Waals surface area contributed by atoms with E-state index in [1.54, 1.807) is 0 Å². The number of nitrogens with one attached hydrogen (secondary N) is 2. The van der Waals surface area contributed by atoms with Crippen LogP contribution in [0.4, 0.5) is 5.82 Å². The Morgan fingerprint density at radius 1 is 1.33 bits per heavy atom. The van der Waals surface area contributed by atoms with Crippen molar-refractivity contribution >= 4 is 62.5 Å². The Kier molecular flexibility index (Phi) is 7.35. The van der Waals surface area contributed by atoms with Crippen LogP contribution >= 0.6 is 34.7 Å². The predicted octanol–water partition coefficient (Wildman–Crippen LogP) is 3.74. The molecule has 3 rings (SSSR count). The molecule has 0 saturated heterocycles. The van der Waals surface area contributed by atoms with E-state index in [0.717, 1.165) is 27.5 Å². The molecule has 0 saturated carbocycles. The molecule has 0 fully saturated rings. The van der Waals surface area contributed by atoms with E-state index < -0.39 is 5.91 Å². The maximum absolute atomic E-state index is 12.0. The summed E-state index contributed by atoms with van der Waals surface area (Å²) in [5.41, 5.74) is 6.35. The summed E-state index contributed by atoms with van der Waals surface area (Å²) in [6.07, 6.45) is 0.776. The van der Waals surface area contributed by atoms with Gasteiger partial charge in [0.25, 0.3) is 5.91 Å². The molecule has 1 aromatic carbocycles. The van der Waals surface area contributed by atoms with Gasteiger partial charge in [-0.15, -0.1) is 11.3 Å². The number of thiazole rings is 1. The number of hydrogen-bond acceptors (Lipinski definition) is 7. The van der Waals surface area contributed by atoms with Crippen molar-refractivity contribution < 1.29 is 9.59 Å². The van der Waals surface area contributed by atoms with Gasteiger partial charge in [-0.05, 0) is 36.9 Å². The number of nitrogens with zero attached hydrogens (tertiary/aromatic N) is 3. The summed E-state index contributed by atoms with van der Waals surface area (Å²) in [6, 6.07) is 5.93. The number of fused-ring (bicyclic) bond motifs is 1. The molecule has 4 N–H and O–H groups in total. The number of primary amides is 1. The molecule has 2 amide bonds.